The van der Waals surface area contributed by atoms with Gasteiger partial charge < -0.3 is 0 Å². The summed E-state index contributed by atoms with van der Waals surface area (Å²) in [5.41, 5.74) is 0. The maximum Gasteiger partial charge on any atom is 0.0978 e. The molecule has 1 rings (SSSR count). The summed E-state index contributed by atoms with van der Waals surface area (Å²) in [7, 11) is 0. The maximum absolute atomic E-state index is 8.84. The Morgan fingerprint density at radius 1 is 1.33 bits per heavy atom. The Morgan fingerprint density at radius 2 is 1.92 bits per heavy atom. The second kappa shape index (κ2) is 4.47. The predicted octanol–water partition coefficient (Wildman–Crippen LogP) is 2.07. The van der Waals surface area contributed by atoms with Crippen molar-refractivity contribution in [3.05, 3.63) is 0 Å². The van der Waals surface area contributed by atoms with E-state index in [-0.39, 0.29) is 6.04 Å². The number of nitrogens with one attached hydrogen (secondary N) is 1. The van der Waals surface area contributed by atoms with Gasteiger partial charge in [-0.05, 0) is 18.8 Å². The third kappa shape index (κ3) is 2.49. The zero-order valence-electron chi connectivity index (χ0n) is 8.01. The molecule has 1 aliphatic carbocycles. The highest BCUT2D eigenvalue weighted by atomic mass is 15.0. The van der Waals surface area contributed by atoms with Crippen LogP contribution in [0.25, 0.3) is 0 Å². The van der Waals surface area contributed by atoms with Crippen LogP contribution in [0.5, 0.6) is 0 Å². The molecule has 0 saturated heterocycles. The Morgan fingerprint density at radius 3 is 2.33 bits per heavy atom. The van der Waals surface area contributed by atoms with Crippen LogP contribution in [-0.2, 0) is 0 Å². The van der Waals surface area contributed by atoms with Crippen LogP contribution < -0.4 is 5.32 Å². The Bertz CT molecular complexity index is 163. The van der Waals surface area contributed by atoms with E-state index in [1.165, 1.54) is 25.7 Å². The van der Waals surface area contributed by atoms with Gasteiger partial charge in [-0.1, -0.05) is 26.7 Å². The van der Waals surface area contributed by atoms with E-state index in [0.29, 0.717) is 12.0 Å². The molecule has 1 saturated carbocycles. The Hall–Kier alpha value is -0.550. The lowest BCUT2D eigenvalue weighted by Crippen LogP contribution is -2.38. The third-order valence-corrected chi connectivity index (χ3v) is 2.58. The summed E-state index contributed by atoms with van der Waals surface area (Å²) in [4.78, 5) is 0. The minimum Gasteiger partial charge on any atom is -0.299 e. The molecule has 1 atom stereocenters. The van der Waals surface area contributed by atoms with E-state index >= 15 is 0 Å². The molecule has 0 amide bonds. The average molecular weight is 166 g/mol. The Labute approximate surface area is 75.0 Å². The topological polar surface area (TPSA) is 35.8 Å². The van der Waals surface area contributed by atoms with E-state index in [4.69, 9.17) is 5.26 Å². The zero-order chi connectivity index (χ0) is 8.97. The highest BCUT2D eigenvalue weighted by Crippen LogP contribution is 2.19. The highest BCUT2D eigenvalue weighted by molar-refractivity contribution is 4.94. The number of hydrogen-bond acceptors (Lipinski definition) is 2. The van der Waals surface area contributed by atoms with Crippen LogP contribution in [0.3, 0.4) is 0 Å². The standard InChI is InChI=1S/C10H18N2/c1-8(2)10(7-11)12-9-5-3-4-6-9/h8-10,12H,3-6H2,1-2H3. The zero-order valence-corrected chi connectivity index (χ0v) is 8.01. The smallest absolute Gasteiger partial charge is 0.0978 e. The fourth-order valence-electron chi connectivity index (χ4n) is 1.73. The molecule has 2 heteroatoms. The van der Waals surface area contributed by atoms with Crippen LogP contribution in [0.1, 0.15) is 39.5 Å². The van der Waals surface area contributed by atoms with E-state index in [0.717, 1.165) is 0 Å². The first-order valence-corrected chi connectivity index (χ1v) is 4.89. The molecule has 1 N–H and O–H groups in total. The van der Waals surface area contributed by atoms with Gasteiger partial charge in [0.05, 0.1) is 12.1 Å². The van der Waals surface area contributed by atoms with E-state index < -0.39 is 0 Å². The minimum atomic E-state index is 0.0492. The van der Waals surface area contributed by atoms with E-state index in [9.17, 15) is 0 Å². The summed E-state index contributed by atoms with van der Waals surface area (Å²) < 4.78 is 0. The van der Waals surface area contributed by atoms with Crippen molar-refractivity contribution in [2.75, 3.05) is 0 Å². The van der Waals surface area contributed by atoms with Gasteiger partial charge in [0.15, 0.2) is 0 Å². The summed E-state index contributed by atoms with van der Waals surface area (Å²) in [5, 5.41) is 12.2. The lowest BCUT2D eigenvalue weighted by molar-refractivity contribution is 0.409. The second-order valence-corrected chi connectivity index (χ2v) is 4.00. The number of hydrogen-bond donors (Lipinski definition) is 1. The van der Waals surface area contributed by atoms with Gasteiger partial charge in [0.1, 0.15) is 0 Å². The SMILES string of the molecule is CC(C)C(C#N)NC1CCCC1. The van der Waals surface area contributed by atoms with Crippen LogP contribution in [0.2, 0.25) is 0 Å². The van der Waals surface area contributed by atoms with Crippen LogP contribution in [0.4, 0.5) is 0 Å². The Balaban J connectivity index is 2.32. The summed E-state index contributed by atoms with van der Waals surface area (Å²) >= 11 is 0. The predicted molar refractivity (Wildman–Crippen MR) is 49.6 cm³/mol. The van der Waals surface area contributed by atoms with Crippen LogP contribution in [0, 0.1) is 17.2 Å². The fourth-order valence-corrected chi connectivity index (χ4v) is 1.73. The Kier molecular flexibility index (Phi) is 3.55. The first kappa shape index (κ1) is 9.54. The molecule has 0 aromatic carbocycles. The lowest BCUT2D eigenvalue weighted by atomic mass is 10.0. The maximum atomic E-state index is 8.84. The number of rotatable bonds is 3. The van der Waals surface area contributed by atoms with Crippen molar-refractivity contribution in [3.8, 4) is 6.07 Å². The first-order valence-electron chi connectivity index (χ1n) is 4.89. The lowest BCUT2D eigenvalue weighted by Gasteiger charge is -2.19. The quantitative estimate of drug-likeness (QED) is 0.696. The van der Waals surface area contributed by atoms with Crippen molar-refractivity contribution in [3.63, 3.8) is 0 Å². The molecular weight excluding hydrogens is 148 g/mol. The molecule has 0 aromatic rings. The molecular formula is C10H18N2. The van der Waals surface area contributed by atoms with Gasteiger partial charge in [0.2, 0.25) is 0 Å². The molecule has 0 heterocycles. The van der Waals surface area contributed by atoms with Gasteiger partial charge in [-0.3, -0.25) is 5.32 Å². The van der Waals surface area contributed by atoms with Gasteiger partial charge in [0.25, 0.3) is 0 Å². The average Bonchev–Trinajstić information content (AvgIpc) is 2.51. The summed E-state index contributed by atoms with van der Waals surface area (Å²) in [6.45, 7) is 4.19. The number of nitriles is 1. The summed E-state index contributed by atoms with van der Waals surface area (Å²) in [6, 6.07) is 2.97. The molecule has 1 unspecified atom stereocenters. The van der Waals surface area contributed by atoms with Gasteiger partial charge in [0, 0.05) is 6.04 Å². The molecule has 0 bridgehead atoms. The van der Waals surface area contributed by atoms with Crippen molar-refractivity contribution < 1.29 is 0 Å². The van der Waals surface area contributed by atoms with Gasteiger partial charge in [-0.25, -0.2) is 0 Å². The molecule has 1 aliphatic rings. The van der Waals surface area contributed by atoms with Crippen LogP contribution in [0.15, 0.2) is 0 Å². The fraction of sp³-hybridized carbons (Fsp3) is 0.900. The van der Waals surface area contributed by atoms with E-state index in [1.54, 1.807) is 0 Å². The van der Waals surface area contributed by atoms with Crippen molar-refractivity contribution in [1.29, 1.82) is 5.26 Å². The van der Waals surface area contributed by atoms with Crippen LogP contribution >= 0.6 is 0 Å². The second-order valence-electron chi connectivity index (χ2n) is 4.00. The minimum absolute atomic E-state index is 0.0492. The van der Waals surface area contributed by atoms with Crippen molar-refractivity contribution in [1.82, 2.24) is 5.32 Å². The first-order chi connectivity index (χ1) is 5.74. The van der Waals surface area contributed by atoms with Crippen LogP contribution in [-0.4, -0.2) is 12.1 Å². The molecule has 0 spiro atoms. The van der Waals surface area contributed by atoms with E-state index in [2.05, 4.69) is 25.2 Å². The highest BCUT2D eigenvalue weighted by Gasteiger charge is 2.20. The molecule has 12 heavy (non-hydrogen) atoms. The third-order valence-electron chi connectivity index (χ3n) is 2.58. The van der Waals surface area contributed by atoms with E-state index in [1.807, 2.05) is 0 Å². The monoisotopic (exact) mass is 166 g/mol. The summed E-state index contributed by atoms with van der Waals surface area (Å²) in [6.07, 6.45) is 5.16. The van der Waals surface area contributed by atoms with Crippen molar-refractivity contribution in [2.24, 2.45) is 5.92 Å². The van der Waals surface area contributed by atoms with Gasteiger partial charge in [-0.15, -0.1) is 0 Å². The molecule has 2 nitrogen and oxygen atoms in total. The van der Waals surface area contributed by atoms with Crippen molar-refractivity contribution >= 4 is 0 Å². The molecule has 0 radical (unpaired) electrons. The van der Waals surface area contributed by atoms with Gasteiger partial charge >= 0.3 is 0 Å². The molecule has 0 aliphatic heterocycles. The molecule has 1 fully saturated rings. The number of nitrogens with zero attached hydrogens (tertiary/aromatic N) is 1. The summed E-state index contributed by atoms with van der Waals surface area (Å²) in [5.74, 6) is 0.426. The molecule has 68 valence electrons. The largest absolute Gasteiger partial charge is 0.299 e. The normalized spacial score (nSPS) is 21.2. The molecule has 0 aromatic heterocycles. The van der Waals surface area contributed by atoms with Crippen molar-refractivity contribution in [2.45, 2.75) is 51.6 Å². The van der Waals surface area contributed by atoms with Gasteiger partial charge in [-0.2, -0.15) is 5.26 Å².